The van der Waals surface area contributed by atoms with Crippen molar-refractivity contribution in [3.63, 3.8) is 0 Å². The first-order valence-corrected chi connectivity index (χ1v) is 20.4. The second-order valence-corrected chi connectivity index (χ2v) is 16.6. The van der Waals surface area contributed by atoms with E-state index in [4.69, 9.17) is 9.97 Å². The van der Waals surface area contributed by atoms with Gasteiger partial charge in [-0.05, 0) is 92.3 Å². The van der Waals surface area contributed by atoms with Gasteiger partial charge in [0.2, 0.25) is 0 Å². The lowest BCUT2D eigenvalue weighted by atomic mass is 9.82. The van der Waals surface area contributed by atoms with E-state index in [2.05, 4.69) is 205 Å². The summed E-state index contributed by atoms with van der Waals surface area (Å²) in [5.74, 6) is 0.817. The van der Waals surface area contributed by atoms with Crippen LogP contribution in [-0.2, 0) is 5.41 Å². The maximum atomic E-state index is 5.56. The first kappa shape index (κ1) is 32.5. The Bertz CT molecular complexity index is 3770. The van der Waals surface area contributed by atoms with Crippen LogP contribution in [0.3, 0.4) is 0 Å². The predicted molar refractivity (Wildman–Crippen MR) is 246 cm³/mol. The van der Waals surface area contributed by atoms with Crippen molar-refractivity contribution in [2.24, 2.45) is 0 Å². The molecule has 0 saturated carbocycles. The SMILES string of the molecule is CC1(C)c2ccccc2-c2ccc(-c3nc4ccccc4nc3-n3c4cc(-n5c6ccccc6c6c7ccccc7ccc65)ccc4c4c5ccccc5ccc43)cc21. The van der Waals surface area contributed by atoms with Crippen molar-refractivity contribution in [3.05, 3.63) is 193 Å². The Hall–Kier alpha value is -7.56. The maximum Gasteiger partial charge on any atom is 0.165 e. The summed E-state index contributed by atoms with van der Waals surface area (Å²) in [6.45, 7) is 4.68. The molecule has 0 unspecified atom stereocenters. The van der Waals surface area contributed by atoms with Crippen LogP contribution in [-0.4, -0.2) is 19.1 Å². The molecule has 3 heterocycles. The molecular formula is C55H36N4. The normalized spacial score (nSPS) is 13.4. The zero-order chi connectivity index (χ0) is 39.0. The molecule has 0 bridgehead atoms. The maximum absolute atomic E-state index is 5.56. The summed E-state index contributed by atoms with van der Waals surface area (Å²) >= 11 is 0. The minimum absolute atomic E-state index is 0.152. The second-order valence-electron chi connectivity index (χ2n) is 16.6. The van der Waals surface area contributed by atoms with Crippen LogP contribution in [0.4, 0.5) is 0 Å². The molecule has 1 aliphatic rings. The molecule has 0 N–H and O–H groups in total. The quantitative estimate of drug-likeness (QED) is 0.180. The van der Waals surface area contributed by atoms with Gasteiger partial charge in [0, 0.05) is 38.2 Å². The summed E-state index contributed by atoms with van der Waals surface area (Å²) in [5, 5.41) is 9.84. The van der Waals surface area contributed by atoms with Crippen LogP contribution in [0.2, 0.25) is 0 Å². The largest absolute Gasteiger partial charge is 0.309 e. The zero-order valence-electron chi connectivity index (χ0n) is 32.6. The van der Waals surface area contributed by atoms with Crippen molar-refractivity contribution < 1.29 is 0 Å². The highest BCUT2D eigenvalue weighted by Crippen LogP contribution is 2.50. The fourth-order valence-corrected chi connectivity index (χ4v) is 10.4. The molecule has 1 aliphatic carbocycles. The molecule has 4 nitrogen and oxygen atoms in total. The molecule has 0 radical (unpaired) electrons. The van der Waals surface area contributed by atoms with Gasteiger partial charge in [0.1, 0.15) is 5.69 Å². The van der Waals surface area contributed by atoms with Crippen LogP contribution >= 0.6 is 0 Å². The molecule has 4 heteroatoms. The Morgan fingerprint density at radius 3 is 1.76 bits per heavy atom. The minimum Gasteiger partial charge on any atom is -0.309 e. The van der Waals surface area contributed by atoms with Crippen molar-refractivity contribution in [2.75, 3.05) is 0 Å². The van der Waals surface area contributed by atoms with Crippen LogP contribution < -0.4 is 0 Å². The molecule has 0 saturated heterocycles. The van der Waals surface area contributed by atoms with Crippen molar-refractivity contribution in [2.45, 2.75) is 19.3 Å². The lowest BCUT2D eigenvalue weighted by Gasteiger charge is -2.22. The van der Waals surface area contributed by atoms with Gasteiger partial charge in [0.05, 0.1) is 33.1 Å². The second kappa shape index (κ2) is 11.7. The Labute approximate surface area is 340 Å². The first-order valence-electron chi connectivity index (χ1n) is 20.4. The fraction of sp³-hybridized carbons (Fsp3) is 0.0545. The fourth-order valence-electron chi connectivity index (χ4n) is 10.4. The van der Waals surface area contributed by atoms with Crippen molar-refractivity contribution >= 4 is 76.2 Å². The molecule has 0 fully saturated rings. The number of hydrogen-bond donors (Lipinski definition) is 0. The molecule has 13 rings (SSSR count). The number of nitrogens with zero attached hydrogens (tertiary/aromatic N) is 4. The molecule has 9 aromatic carbocycles. The van der Waals surface area contributed by atoms with Gasteiger partial charge in [-0.25, -0.2) is 9.97 Å². The van der Waals surface area contributed by atoms with Gasteiger partial charge in [-0.3, -0.25) is 4.57 Å². The zero-order valence-corrected chi connectivity index (χ0v) is 32.6. The Morgan fingerprint density at radius 1 is 0.407 bits per heavy atom. The van der Waals surface area contributed by atoms with E-state index >= 15 is 0 Å². The van der Waals surface area contributed by atoms with Crippen LogP contribution in [0, 0.1) is 0 Å². The van der Waals surface area contributed by atoms with Crippen LogP contribution in [0.25, 0.3) is 110 Å². The predicted octanol–water partition coefficient (Wildman–Crippen LogP) is 14.1. The summed E-state index contributed by atoms with van der Waals surface area (Å²) in [5.41, 5.74) is 14.4. The van der Waals surface area contributed by atoms with Gasteiger partial charge in [-0.2, -0.15) is 0 Å². The summed E-state index contributed by atoms with van der Waals surface area (Å²) in [6, 6.07) is 66.3. The Kier molecular flexibility index (Phi) is 6.48. The van der Waals surface area contributed by atoms with Crippen molar-refractivity contribution in [3.8, 4) is 33.9 Å². The standard InChI is InChI=1S/C55H36N4/c1-55(2)43-19-9-7-17-39(43)40-27-23-35(31-44(40)55)53-54(57-46-21-11-10-20-45(46)56-53)59-49-30-25-34-14-4-6-16-38(34)52(49)42-28-26-36(32-50(42)59)58-47-22-12-8-18-41(47)51-37-15-5-3-13-33(37)24-29-48(51)58/h3-32H,1-2H3. The summed E-state index contributed by atoms with van der Waals surface area (Å²) in [6.07, 6.45) is 0. The monoisotopic (exact) mass is 752 g/mol. The van der Waals surface area contributed by atoms with Gasteiger partial charge in [-0.1, -0.05) is 147 Å². The van der Waals surface area contributed by atoms with Crippen molar-refractivity contribution in [1.29, 1.82) is 0 Å². The molecular weight excluding hydrogens is 717 g/mol. The van der Waals surface area contributed by atoms with E-state index in [1.54, 1.807) is 0 Å². The van der Waals surface area contributed by atoms with Gasteiger partial charge >= 0.3 is 0 Å². The summed E-state index contributed by atoms with van der Waals surface area (Å²) in [4.78, 5) is 11.1. The average molecular weight is 753 g/mol. The van der Waals surface area contributed by atoms with Gasteiger partial charge in [0.15, 0.2) is 5.82 Å². The summed E-state index contributed by atoms with van der Waals surface area (Å²) in [7, 11) is 0. The third-order valence-electron chi connectivity index (χ3n) is 13.1. The first-order chi connectivity index (χ1) is 29.0. The van der Waals surface area contributed by atoms with E-state index < -0.39 is 0 Å². The molecule has 3 aromatic heterocycles. The average Bonchev–Trinajstić information content (AvgIpc) is 3.89. The summed E-state index contributed by atoms with van der Waals surface area (Å²) < 4.78 is 4.82. The molecule has 0 atom stereocenters. The van der Waals surface area contributed by atoms with E-state index in [0.29, 0.717) is 0 Å². The number of rotatable bonds is 3. The molecule has 59 heavy (non-hydrogen) atoms. The van der Waals surface area contributed by atoms with E-state index in [0.717, 1.165) is 44.8 Å². The van der Waals surface area contributed by atoms with E-state index in [9.17, 15) is 0 Å². The van der Waals surface area contributed by atoms with Gasteiger partial charge in [-0.15, -0.1) is 0 Å². The van der Waals surface area contributed by atoms with Crippen LogP contribution in [0.5, 0.6) is 0 Å². The highest BCUT2D eigenvalue weighted by molar-refractivity contribution is 6.23. The highest BCUT2D eigenvalue weighted by Gasteiger charge is 2.35. The molecule has 12 aromatic rings. The third-order valence-corrected chi connectivity index (χ3v) is 13.1. The minimum atomic E-state index is -0.152. The van der Waals surface area contributed by atoms with Crippen LogP contribution in [0.1, 0.15) is 25.0 Å². The Morgan fingerprint density at radius 2 is 1.00 bits per heavy atom. The Balaban J connectivity index is 1.14. The number of para-hydroxylation sites is 3. The van der Waals surface area contributed by atoms with Gasteiger partial charge < -0.3 is 4.57 Å². The molecule has 0 amide bonds. The molecule has 0 spiro atoms. The van der Waals surface area contributed by atoms with Crippen LogP contribution in [0.15, 0.2) is 182 Å². The van der Waals surface area contributed by atoms with E-state index in [1.165, 1.54) is 76.4 Å². The molecule has 0 aliphatic heterocycles. The smallest absolute Gasteiger partial charge is 0.165 e. The highest BCUT2D eigenvalue weighted by atomic mass is 15.1. The van der Waals surface area contributed by atoms with Crippen molar-refractivity contribution in [1.82, 2.24) is 19.1 Å². The van der Waals surface area contributed by atoms with Gasteiger partial charge in [0.25, 0.3) is 0 Å². The van der Waals surface area contributed by atoms with E-state index in [1.807, 2.05) is 0 Å². The third kappa shape index (κ3) is 4.43. The number of aromatic nitrogens is 4. The lowest BCUT2D eigenvalue weighted by Crippen LogP contribution is -2.15. The molecule has 276 valence electrons. The number of benzene rings is 9. The van der Waals surface area contributed by atoms with E-state index in [-0.39, 0.29) is 5.41 Å². The number of fused-ring (bicyclic) bond motifs is 14. The number of hydrogen-bond acceptors (Lipinski definition) is 2. The lowest BCUT2D eigenvalue weighted by molar-refractivity contribution is 0.660. The topological polar surface area (TPSA) is 35.6 Å².